The first-order valence-corrected chi connectivity index (χ1v) is 12.7. The number of amides is 3. The smallest absolute Gasteiger partial charge is 0.236 e. The molecule has 3 saturated heterocycles. The number of piperazine rings is 1. The molecule has 3 amide bonds. The van der Waals surface area contributed by atoms with Gasteiger partial charge in [-0.15, -0.1) is 0 Å². The maximum atomic E-state index is 13.8. The lowest BCUT2D eigenvalue weighted by molar-refractivity contribution is -0.133. The molecule has 3 heterocycles. The van der Waals surface area contributed by atoms with Crippen LogP contribution in [0.4, 0.5) is 8.78 Å². The minimum Gasteiger partial charge on any atom is -0.389 e. The van der Waals surface area contributed by atoms with Crippen molar-refractivity contribution in [3.05, 3.63) is 35.4 Å². The van der Waals surface area contributed by atoms with Crippen LogP contribution in [0.1, 0.15) is 31.2 Å². The van der Waals surface area contributed by atoms with E-state index < -0.39 is 41.6 Å². The zero-order chi connectivity index (χ0) is 25.7. The SMILES string of the molecule is O=C1CC(C(=O)N[C@@H](Cc2cc(F)cc(F)c2)[C@H](O)[C@H]2CN(CC(=O)N3CCCCC3)CCN2)CN1. The predicted octanol–water partition coefficient (Wildman–Crippen LogP) is -0.225. The summed E-state index contributed by atoms with van der Waals surface area (Å²) < 4.78 is 27.6. The summed E-state index contributed by atoms with van der Waals surface area (Å²) in [5.41, 5.74) is 0.297. The van der Waals surface area contributed by atoms with Crippen LogP contribution in [0.3, 0.4) is 0 Å². The first-order valence-electron chi connectivity index (χ1n) is 12.7. The number of nitrogens with zero attached hydrogens (tertiary/aromatic N) is 2. The molecule has 3 aliphatic heterocycles. The third-order valence-electron chi connectivity index (χ3n) is 7.24. The molecular weight excluding hydrogens is 472 g/mol. The van der Waals surface area contributed by atoms with E-state index >= 15 is 0 Å². The Morgan fingerprint density at radius 3 is 2.50 bits per heavy atom. The van der Waals surface area contributed by atoms with Gasteiger partial charge in [0.25, 0.3) is 0 Å². The summed E-state index contributed by atoms with van der Waals surface area (Å²) in [5, 5.41) is 20.0. The summed E-state index contributed by atoms with van der Waals surface area (Å²) in [6.45, 7) is 3.58. The quantitative estimate of drug-likeness (QED) is 0.387. The number of aliphatic hydroxyl groups is 1. The average Bonchev–Trinajstić information content (AvgIpc) is 3.29. The van der Waals surface area contributed by atoms with Gasteiger partial charge in [0.15, 0.2) is 0 Å². The van der Waals surface area contributed by atoms with E-state index in [9.17, 15) is 28.3 Å². The number of hydrogen-bond donors (Lipinski definition) is 4. The van der Waals surface area contributed by atoms with Crippen LogP contribution >= 0.6 is 0 Å². The monoisotopic (exact) mass is 507 g/mol. The molecule has 198 valence electrons. The van der Waals surface area contributed by atoms with Crippen LogP contribution in [0, 0.1) is 17.6 Å². The Bertz CT molecular complexity index is 938. The number of hydrogen-bond acceptors (Lipinski definition) is 6. The lowest BCUT2D eigenvalue weighted by atomic mass is 9.94. The van der Waals surface area contributed by atoms with E-state index in [1.807, 2.05) is 9.80 Å². The topological polar surface area (TPSA) is 114 Å². The van der Waals surface area contributed by atoms with Crippen molar-refractivity contribution in [1.29, 1.82) is 0 Å². The van der Waals surface area contributed by atoms with E-state index in [2.05, 4.69) is 16.0 Å². The fraction of sp³-hybridized carbons (Fsp3) is 0.640. The molecule has 0 aromatic heterocycles. The minimum absolute atomic E-state index is 0.000565. The number of carbonyl (C=O) groups is 3. The summed E-state index contributed by atoms with van der Waals surface area (Å²) in [4.78, 5) is 41.0. The van der Waals surface area contributed by atoms with Crippen LogP contribution in [-0.2, 0) is 20.8 Å². The largest absolute Gasteiger partial charge is 0.389 e. The lowest BCUT2D eigenvalue weighted by Crippen LogP contribution is -2.62. The highest BCUT2D eigenvalue weighted by molar-refractivity contribution is 5.89. The second-order valence-corrected chi connectivity index (χ2v) is 10.0. The van der Waals surface area contributed by atoms with Crippen molar-refractivity contribution >= 4 is 17.7 Å². The van der Waals surface area contributed by atoms with Crippen LogP contribution in [0.25, 0.3) is 0 Å². The summed E-state index contributed by atoms with van der Waals surface area (Å²) >= 11 is 0. The number of likely N-dealkylation sites (tertiary alicyclic amines) is 1. The number of piperidine rings is 1. The van der Waals surface area contributed by atoms with Gasteiger partial charge in [0.1, 0.15) is 11.6 Å². The van der Waals surface area contributed by atoms with Crippen molar-refractivity contribution in [2.24, 2.45) is 5.92 Å². The predicted molar refractivity (Wildman–Crippen MR) is 128 cm³/mol. The van der Waals surface area contributed by atoms with Crippen LogP contribution in [0.5, 0.6) is 0 Å². The number of benzene rings is 1. The highest BCUT2D eigenvalue weighted by Gasteiger charge is 2.36. The molecule has 1 unspecified atom stereocenters. The lowest BCUT2D eigenvalue weighted by Gasteiger charge is -2.39. The number of halogens is 2. The van der Waals surface area contributed by atoms with E-state index in [0.29, 0.717) is 25.2 Å². The maximum absolute atomic E-state index is 13.8. The third kappa shape index (κ3) is 6.98. The molecule has 0 bridgehead atoms. The molecule has 1 aromatic carbocycles. The standard InChI is InChI=1S/C25H35F2N5O4/c26-18-8-16(9-19(27)12-18)10-20(30-25(36)17-11-22(33)29-13-17)24(35)21-14-31(7-4-28-21)15-23(34)32-5-2-1-3-6-32/h8-9,12,17,20-21,24,28,35H,1-7,10-11,13-15H2,(H,29,33)(H,30,36)/t17?,20-,21+,24-/m0/s1. The van der Waals surface area contributed by atoms with Crippen molar-refractivity contribution in [3.63, 3.8) is 0 Å². The molecule has 4 atom stereocenters. The van der Waals surface area contributed by atoms with Crippen molar-refractivity contribution < 1.29 is 28.3 Å². The van der Waals surface area contributed by atoms with Gasteiger partial charge in [-0.1, -0.05) is 0 Å². The van der Waals surface area contributed by atoms with Crippen molar-refractivity contribution in [3.8, 4) is 0 Å². The van der Waals surface area contributed by atoms with Gasteiger partial charge in [0, 0.05) is 57.8 Å². The van der Waals surface area contributed by atoms with E-state index in [4.69, 9.17) is 0 Å². The third-order valence-corrected chi connectivity index (χ3v) is 7.24. The fourth-order valence-corrected chi connectivity index (χ4v) is 5.26. The minimum atomic E-state index is -1.10. The van der Waals surface area contributed by atoms with Crippen LogP contribution < -0.4 is 16.0 Å². The van der Waals surface area contributed by atoms with Crippen molar-refractivity contribution in [1.82, 2.24) is 25.8 Å². The Hall–Kier alpha value is -2.63. The molecule has 0 aliphatic carbocycles. The normalized spacial score (nSPS) is 24.8. The number of nitrogens with one attached hydrogen (secondary N) is 3. The zero-order valence-electron chi connectivity index (χ0n) is 20.3. The van der Waals surface area contributed by atoms with Crippen LogP contribution in [0.15, 0.2) is 18.2 Å². The maximum Gasteiger partial charge on any atom is 0.236 e. The molecule has 3 aliphatic rings. The van der Waals surface area contributed by atoms with Crippen LogP contribution in [-0.4, -0.2) is 96.6 Å². The molecule has 9 nitrogen and oxygen atoms in total. The highest BCUT2D eigenvalue weighted by Crippen LogP contribution is 2.17. The van der Waals surface area contributed by atoms with Crippen LogP contribution in [0.2, 0.25) is 0 Å². The molecule has 0 spiro atoms. The van der Waals surface area contributed by atoms with Gasteiger partial charge in [-0.05, 0) is 43.4 Å². The number of carbonyl (C=O) groups excluding carboxylic acids is 3. The van der Waals surface area contributed by atoms with Gasteiger partial charge in [0.2, 0.25) is 17.7 Å². The molecule has 0 saturated carbocycles. The van der Waals surface area contributed by atoms with Gasteiger partial charge in [-0.25, -0.2) is 8.78 Å². The molecule has 11 heteroatoms. The van der Waals surface area contributed by atoms with Gasteiger partial charge in [-0.3, -0.25) is 19.3 Å². The summed E-state index contributed by atoms with van der Waals surface area (Å²) in [5.74, 6) is -2.61. The van der Waals surface area contributed by atoms with Crippen molar-refractivity contribution in [2.45, 2.75) is 50.3 Å². The van der Waals surface area contributed by atoms with E-state index in [-0.39, 0.29) is 37.7 Å². The molecule has 0 radical (unpaired) electrons. The van der Waals surface area contributed by atoms with Crippen molar-refractivity contribution in [2.75, 3.05) is 45.8 Å². The Labute approximate surface area is 209 Å². The second kappa shape index (κ2) is 12.1. The first kappa shape index (κ1) is 26.4. The molecular formula is C25H35F2N5O4. The Balaban J connectivity index is 1.43. The molecule has 4 N–H and O–H groups in total. The highest BCUT2D eigenvalue weighted by atomic mass is 19.1. The van der Waals surface area contributed by atoms with Gasteiger partial charge >= 0.3 is 0 Å². The average molecular weight is 508 g/mol. The summed E-state index contributed by atoms with van der Waals surface area (Å²) in [7, 11) is 0. The van der Waals surface area contributed by atoms with E-state index in [1.165, 1.54) is 12.1 Å². The summed E-state index contributed by atoms with van der Waals surface area (Å²) in [6.07, 6.45) is 2.12. The molecule has 3 fully saturated rings. The fourth-order valence-electron chi connectivity index (χ4n) is 5.26. The Kier molecular flexibility index (Phi) is 8.86. The second-order valence-electron chi connectivity index (χ2n) is 10.0. The first-order chi connectivity index (χ1) is 17.3. The van der Waals surface area contributed by atoms with Gasteiger partial charge < -0.3 is 26.0 Å². The summed E-state index contributed by atoms with van der Waals surface area (Å²) in [6, 6.07) is 1.79. The number of aliphatic hydroxyl groups excluding tert-OH is 1. The Morgan fingerprint density at radius 2 is 1.83 bits per heavy atom. The zero-order valence-corrected chi connectivity index (χ0v) is 20.3. The van der Waals surface area contributed by atoms with Gasteiger partial charge in [0.05, 0.1) is 24.6 Å². The van der Waals surface area contributed by atoms with Gasteiger partial charge in [-0.2, -0.15) is 0 Å². The molecule has 1 aromatic rings. The Morgan fingerprint density at radius 1 is 1.11 bits per heavy atom. The van der Waals surface area contributed by atoms with E-state index in [0.717, 1.165) is 38.4 Å². The van der Waals surface area contributed by atoms with E-state index in [1.54, 1.807) is 0 Å². The molecule has 36 heavy (non-hydrogen) atoms. The molecule has 4 rings (SSSR count). The number of rotatable bonds is 8.